The van der Waals surface area contributed by atoms with Crippen molar-refractivity contribution in [2.75, 3.05) is 0 Å². The minimum Gasteiger partial charge on any atom is -0.289 e. The number of ketones is 1. The second-order valence-corrected chi connectivity index (χ2v) is 6.79. The zero-order chi connectivity index (χ0) is 18.9. The minimum atomic E-state index is 0.0974. The Hall–Kier alpha value is -3.79. The lowest BCUT2D eigenvalue weighted by atomic mass is 10.1. The minimum absolute atomic E-state index is 0.0974. The van der Waals surface area contributed by atoms with E-state index in [1.54, 1.807) is 12.4 Å². The molecule has 0 bridgehead atoms. The van der Waals surface area contributed by atoms with Gasteiger partial charge in [-0.05, 0) is 35.9 Å². The van der Waals surface area contributed by atoms with Crippen molar-refractivity contribution in [1.29, 1.82) is 0 Å². The number of fused-ring (bicyclic) bond motifs is 1. The fraction of sp³-hybridized carbons (Fsp3) is 0.0417. The molecule has 0 fully saturated rings. The normalized spacial score (nSPS) is 14.4. The van der Waals surface area contributed by atoms with E-state index in [0.717, 1.165) is 39.2 Å². The average molecular weight is 363 g/mol. The number of benzene rings is 2. The van der Waals surface area contributed by atoms with E-state index in [1.165, 1.54) is 0 Å². The molecule has 4 aromatic rings. The van der Waals surface area contributed by atoms with Gasteiger partial charge >= 0.3 is 0 Å². The molecule has 0 unspecified atom stereocenters. The van der Waals surface area contributed by atoms with E-state index < -0.39 is 0 Å². The van der Waals surface area contributed by atoms with Gasteiger partial charge in [-0.25, -0.2) is 4.68 Å². The number of aromatic nitrogens is 3. The molecular weight excluding hydrogens is 346 g/mol. The Labute approximate surface area is 162 Å². The molecule has 0 saturated heterocycles. The van der Waals surface area contributed by atoms with Crippen molar-refractivity contribution < 1.29 is 4.79 Å². The molecule has 4 heteroatoms. The van der Waals surface area contributed by atoms with Crippen LogP contribution in [0.25, 0.3) is 23.0 Å². The second-order valence-electron chi connectivity index (χ2n) is 6.79. The molecule has 2 aromatic carbocycles. The number of Topliss-reactive ketones (excluding diaryl/α,β-unsaturated/α-hetero) is 1. The summed E-state index contributed by atoms with van der Waals surface area (Å²) in [7, 11) is 0. The zero-order valence-electron chi connectivity index (χ0n) is 15.1. The third-order valence-corrected chi connectivity index (χ3v) is 4.96. The van der Waals surface area contributed by atoms with Gasteiger partial charge in [0.05, 0.1) is 5.69 Å². The van der Waals surface area contributed by atoms with Crippen LogP contribution >= 0.6 is 0 Å². The summed E-state index contributed by atoms with van der Waals surface area (Å²) >= 11 is 0. The van der Waals surface area contributed by atoms with Gasteiger partial charge in [-0.3, -0.25) is 9.78 Å². The van der Waals surface area contributed by atoms with E-state index in [-0.39, 0.29) is 5.78 Å². The maximum atomic E-state index is 12.8. The molecule has 0 N–H and O–H groups in total. The van der Waals surface area contributed by atoms with Gasteiger partial charge in [0, 0.05) is 47.3 Å². The number of nitrogens with zero attached hydrogens (tertiary/aromatic N) is 3. The number of rotatable bonds is 3. The van der Waals surface area contributed by atoms with E-state index in [4.69, 9.17) is 5.10 Å². The van der Waals surface area contributed by atoms with Crippen molar-refractivity contribution in [1.82, 2.24) is 14.8 Å². The summed E-state index contributed by atoms with van der Waals surface area (Å²) in [5.41, 5.74) is 6.29. The van der Waals surface area contributed by atoms with Crippen LogP contribution in [0.5, 0.6) is 0 Å². The molecular formula is C24H17N3O. The Bertz CT molecular complexity index is 1190. The first-order valence-electron chi connectivity index (χ1n) is 9.18. The van der Waals surface area contributed by atoms with Gasteiger partial charge in [-0.2, -0.15) is 5.10 Å². The van der Waals surface area contributed by atoms with Crippen LogP contribution in [0.15, 0.2) is 90.9 Å². The van der Waals surface area contributed by atoms with Crippen molar-refractivity contribution in [3.05, 3.63) is 108 Å². The van der Waals surface area contributed by atoms with Gasteiger partial charge in [0.15, 0.2) is 5.78 Å². The van der Waals surface area contributed by atoms with Crippen molar-refractivity contribution in [2.45, 2.75) is 6.42 Å². The van der Waals surface area contributed by atoms with Gasteiger partial charge in [0.1, 0.15) is 5.69 Å². The largest absolute Gasteiger partial charge is 0.289 e. The summed E-state index contributed by atoms with van der Waals surface area (Å²) in [5, 5.41) is 4.79. The Morgan fingerprint density at radius 1 is 0.929 bits per heavy atom. The van der Waals surface area contributed by atoms with Gasteiger partial charge in [0.2, 0.25) is 0 Å². The maximum Gasteiger partial charge on any atom is 0.189 e. The van der Waals surface area contributed by atoms with E-state index in [0.29, 0.717) is 6.42 Å². The van der Waals surface area contributed by atoms with Crippen LogP contribution in [0.4, 0.5) is 0 Å². The molecule has 0 radical (unpaired) electrons. The predicted molar refractivity (Wildman–Crippen MR) is 109 cm³/mol. The molecule has 0 saturated carbocycles. The van der Waals surface area contributed by atoms with Crippen LogP contribution in [0.1, 0.15) is 21.5 Å². The number of pyridine rings is 1. The van der Waals surface area contributed by atoms with E-state index in [2.05, 4.69) is 4.98 Å². The van der Waals surface area contributed by atoms with Crippen LogP contribution in [0.2, 0.25) is 0 Å². The molecule has 0 aliphatic heterocycles. The number of para-hydroxylation sites is 1. The van der Waals surface area contributed by atoms with Crippen molar-refractivity contribution in [3.8, 4) is 16.9 Å². The number of allylic oxidation sites excluding steroid dienone is 1. The third-order valence-electron chi connectivity index (χ3n) is 4.96. The Balaban J connectivity index is 1.63. The molecule has 5 rings (SSSR count). The first-order chi connectivity index (χ1) is 13.8. The zero-order valence-corrected chi connectivity index (χ0v) is 15.1. The van der Waals surface area contributed by atoms with Crippen molar-refractivity contribution >= 4 is 11.9 Å². The van der Waals surface area contributed by atoms with Gasteiger partial charge in [0.25, 0.3) is 0 Å². The third kappa shape index (κ3) is 2.85. The topological polar surface area (TPSA) is 47.8 Å². The van der Waals surface area contributed by atoms with E-state index in [1.807, 2.05) is 83.7 Å². The highest BCUT2D eigenvalue weighted by Gasteiger charge is 2.25. The Kier molecular flexibility index (Phi) is 3.95. The summed E-state index contributed by atoms with van der Waals surface area (Å²) in [6.07, 6.45) is 8.13. The van der Waals surface area contributed by atoms with Crippen LogP contribution in [0.3, 0.4) is 0 Å². The molecule has 28 heavy (non-hydrogen) atoms. The summed E-state index contributed by atoms with van der Waals surface area (Å²) in [5.74, 6) is 0.0974. The Morgan fingerprint density at radius 2 is 1.75 bits per heavy atom. The number of carbonyl (C=O) groups excluding carboxylic acids is 1. The van der Waals surface area contributed by atoms with E-state index >= 15 is 0 Å². The molecule has 2 heterocycles. The molecule has 134 valence electrons. The SMILES string of the molecule is O=C1/C(=C/c2cn(-c3ccccc3)nc2-c2cccnc2)Cc2ccccc21. The first kappa shape index (κ1) is 16.4. The second kappa shape index (κ2) is 6.74. The fourth-order valence-corrected chi connectivity index (χ4v) is 3.59. The quantitative estimate of drug-likeness (QED) is 0.493. The number of hydrogen-bond donors (Lipinski definition) is 0. The van der Waals surface area contributed by atoms with Crippen molar-refractivity contribution in [2.24, 2.45) is 0 Å². The standard InChI is InChI=1S/C24H17N3O/c28-24-19(13-17-7-4-5-11-22(17)24)14-20-16-27(21-9-2-1-3-10-21)26-23(20)18-8-6-12-25-15-18/h1-12,14-16H,13H2/b19-14+. The Morgan fingerprint density at radius 3 is 2.54 bits per heavy atom. The van der Waals surface area contributed by atoms with Crippen molar-refractivity contribution in [3.63, 3.8) is 0 Å². The lowest BCUT2D eigenvalue weighted by molar-refractivity contribution is 0.104. The van der Waals surface area contributed by atoms with Crippen LogP contribution in [-0.4, -0.2) is 20.5 Å². The molecule has 2 aromatic heterocycles. The lowest BCUT2D eigenvalue weighted by Gasteiger charge is -2.00. The lowest BCUT2D eigenvalue weighted by Crippen LogP contribution is -1.95. The summed E-state index contributed by atoms with van der Waals surface area (Å²) in [6, 6.07) is 21.6. The van der Waals surface area contributed by atoms with Gasteiger partial charge in [-0.1, -0.05) is 42.5 Å². The van der Waals surface area contributed by atoms with Crippen LogP contribution in [0, 0.1) is 0 Å². The molecule has 0 spiro atoms. The first-order valence-corrected chi connectivity index (χ1v) is 9.18. The molecule has 0 amide bonds. The smallest absolute Gasteiger partial charge is 0.189 e. The predicted octanol–water partition coefficient (Wildman–Crippen LogP) is 4.76. The molecule has 1 aliphatic rings. The maximum absolute atomic E-state index is 12.8. The van der Waals surface area contributed by atoms with Crippen LogP contribution < -0.4 is 0 Å². The average Bonchev–Trinajstić information content (AvgIpc) is 3.31. The highest BCUT2D eigenvalue weighted by atomic mass is 16.1. The summed E-state index contributed by atoms with van der Waals surface area (Å²) in [4.78, 5) is 17.0. The number of hydrogen-bond acceptors (Lipinski definition) is 3. The molecule has 1 aliphatic carbocycles. The highest BCUT2D eigenvalue weighted by Crippen LogP contribution is 2.30. The van der Waals surface area contributed by atoms with Gasteiger partial charge in [-0.15, -0.1) is 0 Å². The van der Waals surface area contributed by atoms with Crippen LogP contribution in [-0.2, 0) is 6.42 Å². The fourth-order valence-electron chi connectivity index (χ4n) is 3.59. The van der Waals surface area contributed by atoms with Gasteiger partial charge < -0.3 is 0 Å². The monoisotopic (exact) mass is 363 g/mol. The summed E-state index contributed by atoms with van der Waals surface area (Å²) in [6.45, 7) is 0. The molecule has 0 atom stereocenters. The number of carbonyl (C=O) groups is 1. The molecule has 4 nitrogen and oxygen atoms in total. The summed E-state index contributed by atoms with van der Waals surface area (Å²) < 4.78 is 1.85. The van der Waals surface area contributed by atoms with E-state index in [9.17, 15) is 4.79 Å². The highest BCUT2D eigenvalue weighted by molar-refractivity contribution is 6.15.